The van der Waals surface area contributed by atoms with Gasteiger partial charge in [0.05, 0.1) is 11.4 Å². The quantitative estimate of drug-likeness (QED) is 0.387. The molecule has 0 aliphatic rings. The average Bonchev–Trinajstić information content (AvgIpc) is 2.04. The summed E-state index contributed by atoms with van der Waals surface area (Å²) in [6, 6.07) is 0. The molecule has 0 amide bonds. The zero-order valence-electron chi connectivity index (χ0n) is 6.61. The maximum atomic E-state index is 8.25. The van der Waals surface area contributed by atoms with Crippen LogP contribution in [-0.2, 0) is 0 Å². The highest BCUT2D eigenvalue weighted by Crippen LogP contribution is 2.01. The van der Waals surface area contributed by atoms with Gasteiger partial charge in [0.2, 0.25) is 0 Å². The third-order valence-electron chi connectivity index (χ3n) is 0.963. The third-order valence-corrected chi connectivity index (χ3v) is 2.21. The molecule has 4 nitrogen and oxygen atoms in total. The molecule has 0 aliphatic heterocycles. The molecule has 0 atom stereocenters. The highest BCUT2D eigenvalue weighted by Gasteiger charge is 1.95. The van der Waals surface area contributed by atoms with Crippen molar-refractivity contribution in [2.24, 2.45) is 10.3 Å². The Morgan fingerprint density at radius 3 is 1.73 bits per heavy atom. The molecule has 5 heteroatoms. The summed E-state index contributed by atoms with van der Waals surface area (Å²) >= 11 is 1.54. The minimum Gasteiger partial charge on any atom is -0.411 e. The lowest BCUT2D eigenvalue weighted by Crippen LogP contribution is -2.01. The summed E-state index contributed by atoms with van der Waals surface area (Å²) in [5, 5.41) is 22.5. The van der Waals surface area contributed by atoms with Crippen LogP contribution in [0.15, 0.2) is 10.3 Å². The fourth-order valence-electron chi connectivity index (χ4n) is 0.404. The van der Waals surface area contributed by atoms with Gasteiger partial charge < -0.3 is 10.4 Å². The molecule has 0 heterocycles. The molecule has 11 heavy (non-hydrogen) atoms. The Morgan fingerprint density at radius 1 is 1.09 bits per heavy atom. The largest absolute Gasteiger partial charge is 0.411 e. The molecule has 0 bridgehead atoms. The first-order valence-corrected chi connectivity index (χ1v) is 4.29. The fourth-order valence-corrected chi connectivity index (χ4v) is 1.21. The summed E-state index contributed by atoms with van der Waals surface area (Å²) in [6.45, 7) is 3.47. The molecule has 0 aromatic rings. The molecule has 64 valence electrons. The summed E-state index contributed by atoms with van der Waals surface area (Å²) < 4.78 is 0. The van der Waals surface area contributed by atoms with E-state index in [-0.39, 0.29) is 0 Å². The van der Waals surface area contributed by atoms with E-state index in [1.54, 1.807) is 13.8 Å². The minimum atomic E-state index is 0.656. The maximum absolute atomic E-state index is 8.25. The van der Waals surface area contributed by atoms with Crippen molar-refractivity contribution in [2.75, 3.05) is 11.5 Å². The molecule has 0 aromatic heterocycles. The molecule has 2 N–H and O–H groups in total. The second-order valence-electron chi connectivity index (χ2n) is 2.16. The first kappa shape index (κ1) is 10.3. The number of oxime groups is 2. The van der Waals surface area contributed by atoms with Crippen LogP contribution in [0.2, 0.25) is 0 Å². The Bertz CT molecular complexity index is 150. The summed E-state index contributed by atoms with van der Waals surface area (Å²) in [4.78, 5) is 0. The SMILES string of the molecule is C/C(CSC/C(C)=N/O)=N\O. The highest BCUT2D eigenvalue weighted by molar-refractivity contribution is 8.00. The van der Waals surface area contributed by atoms with Crippen LogP contribution in [0.1, 0.15) is 13.8 Å². The van der Waals surface area contributed by atoms with Crippen molar-refractivity contribution < 1.29 is 10.4 Å². The van der Waals surface area contributed by atoms with Gasteiger partial charge in [-0.05, 0) is 13.8 Å². The fraction of sp³-hybridized carbons (Fsp3) is 0.667. The molecular weight excluding hydrogens is 164 g/mol. The van der Waals surface area contributed by atoms with Crippen molar-refractivity contribution in [3.63, 3.8) is 0 Å². The molecule has 0 radical (unpaired) electrons. The number of rotatable bonds is 4. The maximum Gasteiger partial charge on any atom is 0.0638 e. The number of hydrogen-bond acceptors (Lipinski definition) is 5. The van der Waals surface area contributed by atoms with Crippen LogP contribution in [0.25, 0.3) is 0 Å². The Balaban J connectivity index is 3.43. The van der Waals surface area contributed by atoms with Gasteiger partial charge in [-0.15, -0.1) is 11.8 Å². The molecule has 0 aromatic carbocycles. The standard InChI is InChI=1S/C6H12N2O2S/c1-5(7-9)3-11-4-6(2)8-10/h9-10H,3-4H2,1-2H3/b7-5+,8-6+. The zero-order chi connectivity index (χ0) is 8.69. The molecule has 0 rings (SSSR count). The molecular formula is C6H12N2O2S. The number of hydrogen-bond donors (Lipinski definition) is 2. The van der Waals surface area contributed by atoms with E-state index in [9.17, 15) is 0 Å². The second-order valence-corrected chi connectivity index (χ2v) is 3.15. The second kappa shape index (κ2) is 6.03. The molecule has 0 unspecified atom stereocenters. The minimum absolute atomic E-state index is 0.656. The Labute approximate surface area is 70.0 Å². The van der Waals surface area contributed by atoms with Gasteiger partial charge in [-0.25, -0.2) is 0 Å². The Hall–Kier alpha value is -0.710. The van der Waals surface area contributed by atoms with Crippen molar-refractivity contribution in [2.45, 2.75) is 13.8 Å². The molecule has 0 saturated heterocycles. The van der Waals surface area contributed by atoms with E-state index in [1.807, 2.05) is 0 Å². The smallest absolute Gasteiger partial charge is 0.0638 e. The van der Waals surface area contributed by atoms with Crippen LogP contribution in [-0.4, -0.2) is 33.3 Å². The summed E-state index contributed by atoms with van der Waals surface area (Å²) in [7, 11) is 0. The van der Waals surface area contributed by atoms with Gasteiger partial charge in [0.1, 0.15) is 0 Å². The highest BCUT2D eigenvalue weighted by atomic mass is 32.2. The summed E-state index contributed by atoms with van der Waals surface area (Å²) in [5.74, 6) is 1.31. The average molecular weight is 176 g/mol. The van der Waals surface area contributed by atoms with E-state index >= 15 is 0 Å². The zero-order valence-corrected chi connectivity index (χ0v) is 7.43. The van der Waals surface area contributed by atoms with Gasteiger partial charge in [0.25, 0.3) is 0 Å². The number of thioether (sulfide) groups is 1. The lowest BCUT2D eigenvalue weighted by Gasteiger charge is -1.97. The predicted molar refractivity (Wildman–Crippen MR) is 47.1 cm³/mol. The third kappa shape index (κ3) is 5.72. The Kier molecular flexibility index (Phi) is 5.64. The van der Waals surface area contributed by atoms with Crippen LogP contribution < -0.4 is 0 Å². The van der Waals surface area contributed by atoms with Gasteiger partial charge >= 0.3 is 0 Å². The van der Waals surface area contributed by atoms with Crippen LogP contribution in [0.4, 0.5) is 0 Å². The first-order chi connectivity index (χ1) is 5.20. The van der Waals surface area contributed by atoms with Crippen molar-refractivity contribution in [3.05, 3.63) is 0 Å². The van der Waals surface area contributed by atoms with Crippen LogP contribution in [0, 0.1) is 0 Å². The van der Waals surface area contributed by atoms with E-state index in [2.05, 4.69) is 10.3 Å². The summed E-state index contributed by atoms with van der Waals surface area (Å²) in [5.41, 5.74) is 1.33. The van der Waals surface area contributed by atoms with Crippen molar-refractivity contribution in [3.8, 4) is 0 Å². The van der Waals surface area contributed by atoms with E-state index in [1.165, 1.54) is 11.8 Å². The molecule has 0 saturated carbocycles. The van der Waals surface area contributed by atoms with E-state index in [4.69, 9.17) is 10.4 Å². The predicted octanol–water partition coefficient (Wildman–Crippen LogP) is 1.42. The van der Waals surface area contributed by atoms with Crippen LogP contribution in [0.5, 0.6) is 0 Å². The van der Waals surface area contributed by atoms with Crippen molar-refractivity contribution in [1.29, 1.82) is 0 Å². The first-order valence-electron chi connectivity index (χ1n) is 3.13. The summed E-state index contributed by atoms with van der Waals surface area (Å²) in [6.07, 6.45) is 0. The van der Waals surface area contributed by atoms with Crippen molar-refractivity contribution >= 4 is 23.2 Å². The molecule has 0 aliphatic carbocycles. The lowest BCUT2D eigenvalue weighted by atomic mass is 10.5. The van der Waals surface area contributed by atoms with Gasteiger partial charge in [-0.2, -0.15) is 0 Å². The lowest BCUT2D eigenvalue weighted by molar-refractivity contribution is 0.318. The Morgan fingerprint density at radius 2 is 1.45 bits per heavy atom. The van der Waals surface area contributed by atoms with E-state index in [0.29, 0.717) is 22.9 Å². The van der Waals surface area contributed by atoms with Crippen LogP contribution in [0.3, 0.4) is 0 Å². The van der Waals surface area contributed by atoms with Gasteiger partial charge in [0, 0.05) is 11.5 Å². The normalized spacial score (nSPS) is 13.6. The van der Waals surface area contributed by atoms with Gasteiger partial charge in [0.15, 0.2) is 0 Å². The monoisotopic (exact) mass is 176 g/mol. The van der Waals surface area contributed by atoms with E-state index in [0.717, 1.165) is 0 Å². The van der Waals surface area contributed by atoms with Gasteiger partial charge in [-0.3, -0.25) is 0 Å². The molecule has 0 spiro atoms. The van der Waals surface area contributed by atoms with E-state index < -0.39 is 0 Å². The molecule has 0 fully saturated rings. The van der Waals surface area contributed by atoms with Crippen molar-refractivity contribution in [1.82, 2.24) is 0 Å². The topological polar surface area (TPSA) is 65.2 Å². The van der Waals surface area contributed by atoms with Gasteiger partial charge in [-0.1, -0.05) is 10.3 Å². The van der Waals surface area contributed by atoms with Crippen LogP contribution >= 0.6 is 11.8 Å². The number of nitrogens with zero attached hydrogens (tertiary/aromatic N) is 2.